The van der Waals surface area contributed by atoms with Crippen molar-refractivity contribution in [2.75, 3.05) is 12.3 Å². The number of anilines is 1. The van der Waals surface area contributed by atoms with Gasteiger partial charge in [-0.3, -0.25) is 0 Å². The van der Waals surface area contributed by atoms with Gasteiger partial charge in [0.25, 0.3) is 10.0 Å². The maximum atomic E-state index is 11.6. The summed E-state index contributed by atoms with van der Waals surface area (Å²) in [5.74, 6) is 0. The van der Waals surface area contributed by atoms with Crippen molar-refractivity contribution in [3.63, 3.8) is 0 Å². The van der Waals surface area contributed by atoms with Crippen molar-refractivity contribution in [2.24, 2.45) is 0 Å². The van der Waals surface area contributed by atoms with Crippen molar-refractivity contribution < 1.29 is 17.9 Å². The molecule has 0 aromatic carbocycles. The Morgan fingerprint density at radius 2 is 2.31 bits per heavy atom. The predicted molar refractivity (Wildman–Crippen MR) is 56.0 cm³/mol. The summed E-state index contributed by atoms with van der Waals surface area (Å²) in [6.45, 7) is 1.63. The van der Waals surface area contributed by atoms with Crippen LogP contribution in [0.1, 0.15) is 6.92 Å². The van der Waals surface area contributed by atoms with E-state index in [1.165, 1.54) is 18.3 Å². The molecule has 1 heterocycles. The fourth-order valence-electron chi connectivity index (χ4n) is 0.946. The number of sulfonamides is 1. The van der Waals surface area contributed by atoms with Crippen molar-refractivity contribution in [3.8, 4) is 0 Å². The maximum absolute atomic E-state index is 11.6. The number of amides is 1. The number of aromatic nitrogens is 1. The molecule has 0 atom stereocenters. The van der Waals surface area contributed by atoms with Crippen LogP contribution in [0.4, 0.5) is 10.5 Å². The lowest BCUT2D eigenvalue weighted by molar-refractivity contribution is 0.158. The molecule has 0 aliphatic heterocycles. The van der Waals surface area contributed by atoms with Crippen LogP contribution in [0.5, 0.6) is 0 Å². The Morgan fingerprint density at radius 1 is 1.62 bits per heavy atom. The van der Waals surface area contributed by atoms with Gasteiger partial charge in [0.1, 0.15) is 0 Å². The van der Waals surface area contributed by atoms with Crippen LogP contribution in [-0.4, -0.2) is 26.1 Å². The number of rotatable bonds is 3. The van der Waals surface area contributed by atoms with Crippen molar-refractivity contribution in [3.05, 3.63) is 18.3 Å². The molecule has 1 aromatic rings. The van der Waals surface area contributed by atoms with Crippen LogP contribution in [0.3, 0.4) is 0 Å². The number of nitrogens with two attached hydrogens (primary N) is 1. The second-order valence-electron chi connectivity index (χ2n) is 2.72. The minimum atomic E-state index is -4.07. The van der Waals surface area contributed by atoms with Gasteiger partial charge in [0.15, 0.2) is 5.03 Å². The molecule has 0 aliphatic carbocycles. The minimum Gasteiger partial charge on any atom is -0.449 e. The number of carbonyl (C=O) groups is 1. The first-order valence-electron chi connectivity index (χ1n) is 4.37. The van der Waals surface area contributed by atoms with Crippen LogP contribution in [0, 0.1) is 0 Å². The second-order valence-corrected chi connectivity index (χ2v) is 4.32. The van der Waals surface area contributed by atoms with Gasteiger partial charge < -0.3 is 10.5 Å². The number of carbonyl (C=O) groups excluding carboxylic acids is 1. The lowest BCUT2D eigenvalue weighted by atomic mass is 10.4. The Morgan fingerprint density at radius 3 is 2.88 bits per heavy atom. The normalized spacial score (nSPS) is 10.8. The average Bonchev–Trinajstić information content (AvgIpc) is 2.17. The zero-order valence-corrected chi connectivity index (χ0v) is 9.32. The highest BCUT2D eigenvalue weighted by molar-refractivity contribution is 7.90. The Labute approximate surface area is 92.7 Å². The van der Waals surface area contributed by atoms with Gasteiger partial charge in [-0.2, -0.15) is 8.42 Å². The molecule has 7 nitrogen and oxygen atoms in total. The third kappa shape index (κ3) is 2.83. The van der Waals surface area contributed by atoms with E-state index in [1.54, 1.807) is 11.6 Å². The van der Waals surface area contributed by atoms with E-state index in [1.807, 2.05) is 0 Å². The summed E-state index contributed by atoms with van der Waals surface area (Å²) in [5, 5.41) is -0.400. The van der Waals surface area contributed by atoms with Gasteiger partial charge in [0.05, 0.1) is 12.3 Å². The largest absolute Gasteiger partial charge is 0.449 e. The zero-order chi connectivity index (χ0) is 12.2. The second kappa shape index (κ2) is 4.79. The van der Waals surface area contributed by atoms with E-state index in [0.29, 0.717) is 0 Å². The Hall–Kier alpha value is -1.83. The Kier molecular flexibility index (Phi) is 3.67. The lowest BCUT2D eigenvalue weighted by Gasteiger charge is -2.07. The van der Waals surface area contributed by atoms with Gasteiger partial charge in [-0.25, -0.2) is 14.5 Å². The third-order valence-electron chi connectivity index (χ3n) is 1.55. The summed E-state index contributed by atoms with van der Waals surface area (Å²) < 4.78 is 29.3. The molecule has 0 aliphatic rings. The first-order chi connectivity index (χ1) is 7.47. The van der Waals surface area contributed by atoms with E-state index in [2.05, 4.69) is 9.72 Å². The molecule has 0 radical (unpaired) electrons. The minimum absolute atomic E-state index is 0.0423. The van der Waals surface area contributed by atoms with Crippen molar-refractivity contribution in [1.82, 2.24) is 9.71 Å². The van der Waals surface area contributed by atoms with Crippen molar-refractivity contribution in [2.45, 2.75) is 11.9 Å². The predicted octanol–water partition coefficient (Wildman–Crippen LogP) is 0.0986. The van der Waals surface area contributed by atoms with Crippen LogP contribution < -0.4 is 10.5 Å². The van der Waals surface area contributed by atoms with Gasteiger partial charge in [-0.1, -0.05) is 0 Å². The summed E-state index contributed by atoms with van der Waals surface area (Å²) in [5.41, 5.74) is 5.38. The van der Waals surface area contributed by atoms with Gasteiger partial charge in [-0.05, 0) is 19.1 Å². The molecular formula is C8H11N3O4S. The Balaban J connectivity index is 2.95. The summed E-state index contributed by atoms with van der Waals surface area (Å²) in [4.78, 5) is 14.5. The van der Waals surface area contributed by atoms with Crippen LogP contribution in [0.15, 0.2) is 23.4 Å². The molecule has 1 aromatic heterocycles. The molecule has 0 spiro atoms. The molecule has 1 amide bonds. The number of ether oxygens (including phenoxy) is 1. The average molecular weight is 245 g/mol. The fourth-order valence-corrected chi connectivity index (χ4v) is 1.90. The van der Waals surface area contributed by atoms with E-state index >= 15 is 0 Å². The molecule has 3 N–H and O–H groups in total. The molecule has 8 heteroatoms. The fraction of sp³-hybridized carbons (Fsp3) is 0.250. The van der Waals surface area contributed by atoms with E-state index < -0.39 is 21.1 Å². The highest BCUT2D eigenvalue weighted by Crippen LogP contribution is 2.13. The van der Waals surface area contributed by atoms with E-state index in [4.69, 9.17) is 5.73 Å². The highest BCUT2D eigenvalue weighted by atomic mass is 32.2. The molecule has 0 unspecified atom stereocenters. The quantitative estimate of drug-likeness (QED) is 0.781. The molecule has 0 saturated heterocycles. The molecule has 88 valence electrons. The standard InChI is InChI=1S/C8H11N3O4S/c1-2-15-8(12)11-16(13,14)7-6(9)4-3-5-10-7/h3-5H,2,9H2,1H3,(H,11,12). The maximum Gasteiger partial charge on any atom is 0.421 e. The lowest BCUT2D eigenvalue weighted by Crippen LogP contribution is -2.32. The molecular weight excluding hydrogens is 234 g/mol. The smallest absolute Gasteiger partial charge is 0.421 e. The third-order valence-corrected chi connectivity index (χ3v) is 2.83. The number of nitrogen functional groups attached to an aromatic ring is 1. The summed E-state index contributed by atoms with van der Waals surface area (Å²) in [6.07, 6.45) is 0.198. The summed E-state index contributed by atoms with van der Waals surface area (Å²) >= 11 is 0. The van der Waals surface area contributed by atoms with Crippen molar-refractivity contribution in [1.29, 1.82) is 0 Å². The van der Waals surface area contributed by atoms with Crippen molar-refractivity contribution >= 4 is 21.8 Å². The summed E-state index contributed by atoms with van der Waals surface area (Å²) in [6, 6.07) is 2.85. The van der Waals surface area contributed by atoms with Gasteiger partial charge in [-0.15, -0.1) is 0 Å². The first-order valence-corrected chi connectivity index (χ1v) is 5.85. The van der Waals surface area contributed by atoms with Crippen LogP contribution in [0.2, 0.25) is 0 Å². The van der Waals surface area contributed by atoms with Gasteiger partial charge >= 0.3 is 6.09 Å². The summed E-state index contributed by atoms with van der Waals surface area (Å²) in [7, 11) is -4.07. The number of hydrogen-bond donors (Lipinski definition) is 2. The monoisotopic (exact) mass is 245 g/mol. The van der Waals surface area contributed by atoms with E-state index in [0.717, 1.165) is 0 Å². The van der Waals surface area contributed by atoms with Gasteiger partial charge in [0.2, 0.25) is 0 Å². The Bertz CT molecular complexity index is 486. The van der Waals surface area contributed by atoms with E-state index in [-0.39, 0.29) is 12.3 Å². The molecule has 16 heavy (non-hydrogen) atoms. The molecule has 0 saturated carbocycles. The van der Waals surface area contributed by atoms with Gasteiger partial charge in [0, 0.05) is 6.20 Å². The van der Waals surface area contributed by atoms with Crippen LogP contribution in [-0.2, 0) is 14.8 Å². The SMILES string of the molecule is CCOC(=O)NS(=O)(=O)c1ncccc1N. The van der Waals surface area contributed by atoms with E-state index in [9.17, 15) is 13.2 Å². The zero-order valence-electron chi connectivity index (χ0n) is 8.50. The number of pyridine rings is 1. The topological polar surface area (TPSA) is 111 Å². The first kappa shape index (κ1) is 12.2. The van der Waals surface area contributed by atoms with Crippen LogP contribution in [0.25, 0.3) is 0 Å². The highest BCUT2D eigenvalue weighted by Gasteiger charge is 2.21. The number of nitrogens with zero attached hydrogens (tertiary/aromatic N) is 1. The molecule has 0 fully saturated rings. The molecule has 1 rings (SSSR count). The number of nitrogens with one attached hydrogen (secondary N) is 1. The van der Waals surface area contributed by atoms with Crippen LogP contribution >= 0.6 is 0 Å². The molecule has 0 bridgehead atoms. The number of hydrogen-bond acceptors (Lipinski definition) is 6.